The molecule has 0 aromatic carbocycles. The molecule has 1 aliphatic rings. The van der Waals surface area contributed by atoms with Gasteiger partial charge in [-0.3, -0.25) is 4.79 Å². The highest BCUT2D eigenvalue weighted by molar-refractivity contribution is 5.78. The number of nitrogen functional groups attached to an aromatic ring is 1. The Hall–Kier alpha value is -2.90. The van der Waals surface area contributed by atoms with Gasteiger partial charge in [-0.15, -0.1) is 0 Å². The molecule has 26 heavy (non-hydrogen) atoms. The molecule has 2 aromatic rings. The summed E-state index contributed by atoms with van der Waals surface area (Å²) in [6, 6.07) is 3.84. The van der Waals surface area contributed by atoms with Crippen LogP contribution in [0.2, 0.25) is 0 Å². The molecule has 0 unspecified atom stereocenters. The Kier molecular flexibility index (Phi) is 5.50. The summed E-state index contributed by atoms with van der Waals surface area (Å²) < 4.78 is 5.12. The summed E-state index contributed by atoms with van der Waals surface area (Å²) >= 11 is 0. The van der Waals surface area contributed by atoms with E-state index in [-0.39, 0.29) is 11.9 Å². The molecule has 3 rings (SSSR count). The van der Waals surface area contributed by atoms with E-state index in [0.717, 1.165) is 18.4 Å². The minimum atomic E-state index is -0.115. The molecule has 3 N–H and O–H groups in total. The van der Waals surface area contributed by atoms with E-state index in [2.05, 4.69) is 25.2 Å². The van der Waals surface area contributed by atoms with Crippen molar-refractivity contribution in [2.45, 2.75) is 26.7 Å². The predicted molar refractivity (Wildman–Crippen MR) is 100 cm³/mol. The molecule has 0 bridgehead atoms. The van der Waals surface area contributed by atoms with Crippen LogP contribution in [0, 0.1) is 12.8 Å². The van der Waals surface area contributed by atoms with Crippen LogP contribution in [0.3, 0.4) is 0 Å². The second-order valence-corrected chi connectivity index (χ2v) is 6.32. The Labute approximate surface area is 152 Å². The molecule has 1 saturated heterocycles. The summed E-state index contributed by atoms with van der Waals surface area (Å²) in [7, 11) is 0. The summed E-state index contributed by atoms with van der Waals surface area (Å²) in [4.78, 5) is 26.8. The van der Waals surface area contributed by atoms with Crippen molar-refractivity contribution in [3.63, 3.8) is 0 Å². The Morgan fingerprint density at radius 2 is 2.08 bits per heavy atom. The molecular weight excluding hydrogens is 332 g/mol. The second kappa shape index (κ2) is 7.99. The molecule has 3 heterocycles. The molecule has 2 aromatic heterocycles. The highest BCUT2D eigenvalue weighted by Gasteiger charge is 2.27. The molecular formula is C18H24N6O2. The van der Waals surface area contributed by atoms with Crippen molar-refractivity contribution in [1.29, 1.82) is 0 Å². The summed E-state index contributed by atoms with van der Waals surface area (Å²) in [5, 5.41) is 3.13. The van der Waals surface area contributed by atoms with Gasteiger partial charge in [0.2, 0.25) is 0 Å². The average Bonchev–Trinajstić information content (AvgIpc) is 2.66. The zero-order valence-corrected chi connectivity index (χ0v) is 15.1. The maximum absolute atomic E-state index is 11.9. The number of hydrogen-bond donors (Lipinski definition) is 2. The van der Waals surface area contributed by atoms with E-state index in [9.17, 15) is 4.79 Å². The fourth-order valence-electron chi connectivity index (χ4n) is 2.99. The molecule has 1 aliphatic heterocycles. The van der Waals surface area contributed by atoms with Gasteiger partial charge in [0.1, 0.15) is 17.8 Å². The smallest absolute Gasteiger partial charge is 0.309 e. The monoisotopic (exact) mass is 356 g/mol. The number of aromatic nitrogens is 3. The zero-order chi connectivity index (χ0) is 18.5. The first-order valence-electron chi connectivity index (χ1n) is 8.80. The number of carbonyl (C=O) groups excluding carboxylic acids is 1. The number of nitrogens with one attached hydrogen (secondary N) is 1. The van der Waals surface area contributed by atoms with Gasteiger partial charge in [0.05, 0.1) is 12.5 Å². The number of aryl methyl sites for hydroxylation is 1. The molecule has 8 heteroatoms. The average molecular weight is 356 g/mol. The van der Waals surface area contributed by atoms with Gasteiger partial charge in [-0.2, -0.15) is 0 Å². The lowest BCUT2D eigenvalue weighted by Gasteiger charge is -2.32. The van der Waals surface area contributed by atoms with Gasteiger partial charge in [0.25, 0.3) is 0 Å². The molecule has 1 fully saturated rings. The van der Waals surface area contributed by atoms with Crippen LogP contribution >= 0.6 is 0 Å². The van der Waals surface area contributed by atoms with Crippen molar-refractivity contribution in [2.75, 3.05) is 35.6 Å². The van der Waals surface area contributed by atoms with Crippen LogP contribution in [0.4, 0.5) is 23.1 Å². The number of ether oxygens (including phenoxy) is 1. The van der Waals surface area contributed by atoms with Gasteiger partial charge in [-0.25, -0.2) is 15.0 Å². The summed E-state index contributed by atoms with van der Waals surface area (Å²) in [5.41, 5.74) is 7.84. The van der Waals surface area contributed by atoms with Crippen molar-refractivity contribution in [3.05, 3.63) is 30.2 Å². The molecule has 138 valence electrons. The summed E-state index contributed by atoms with van der Waals surface area (Å²) in [6.45, 7) is 5.62. The standard InChI is InChI=1S/C18H24N6O2/c1-3-26-18(25)13-6-8-24(9-7-13)17-15(19)16(21-11-22-17)23-14-5-4-12(2)10-20-14/h4-5,10-11,13H,3,6-9,19H2,1-2H3,(H,20,21,22,23). The largest absolute Gasteiger partial charge is 0.466 e. The Morgan fingerprint density at radius 3 is 2.73 bits per heavy atom. The number of carbonyl (C=O) groups is 1. The minimum absolute atomic E-state index is 0.0522. The van der Waals surface area contributed by atoms with E-state index in [1.165, 1.54) is 6.33 Å². The number of nitrogens with two attached hydrogens (primary N) is 1. The normalized spacial score (nSPS) is 14.9. The highest BCUT2D eigenvalue weighted by atomic mass is 16.5. The highest BCUT2D eigenvalue weighted by Crippen LogP contribution is 2.31. The lowest BCUT2D eigenvalue weighted by molar-refractivity contribution is -0.148. The van der Waals surface area contributed by atoms with Gasteiger partial charge in [-0.05, 0) is 38.3 Å². The van der Waals surface area contributed by atoms with Gasteiger partial charge < -0.3 is 20.7 Å². The van der Waals surface area contributed by atoms with Gasteiger partial charge in [0, 0.05) is 19.3 Å². The number of anilines is 4. The number of nitrogens with zero attached hydrogens (tertiary/aromatic N) is 4. The number of pyridine rings is 1. The first kappa shape index (κ1) is 17.9. The number of rotatable bonds is 5. The van der Waals surface area contributed by atoms with Crippen molar-refractivity contribution < 1.29 is 9.53 Å². The van der Waals surface area contributed by atoms with E-state index in [1.54, 1.807) is 6.20 Å². The lowest BCUT2D eigenvalue weighted by atomic mass is 9.97. The van der Waals surface area contributed by atoms with Crippen LogP contribution in [0.1, 0.15) is 25.3 Å². The van der Waals surface area contributed by atoms with Gasteiger partial charge >= 0.3 is 5.97 Å². The Morgan fingerprint density at radius 1 is 1.31 bits per heavy atom. The third kappa shape index (κ3) is 4.01. The van der Waals surface area contributed by atoms with E-state index in [1.807, 2.05) is 26.0 Å². The quantitative estimate of drug-likeness (QED) is 0.786. The van der Waals surface area contributed by atoms with Crippen LogP contribution in [0.5, 0.6) is 0 Å². The molecule has 0 spiro atoms. The van der Waals surface area contributed by atoms with E-state index in [0.29, 0.717) is 42.8 Å². The maximum atomic E-state index is 11.9. The number of esters is 1. The van der Waals surface area contributed by atoms with Crippen molar-refractivity contribution in [2.24, 2.45) is 5.92 Å². The van der Waals surface area contributed by atoms with E-state index >= 15 is 0 Å². The van der Waals surface area contributed by atoms with Crippen molar-refractivity contribution >= 4 is 29.1 Å². The molecule has 0 radical (unpaired) electrons. The fraction of sp³-hybridized carbons (Fsp3) is 0.444. The first-order chi connectivity index (χ1) is 12.6. The van der Waals surface area contributed by atoms with Gasteiger partial charge in [0.15, 0.2) is 11.6 Å². The van der Waals surface area contributed by atoms with Crippen LogP contribution in [0.25, 0.3) is 0 Å². The third-order valence-electron chi connectivity index (χ3n) is 4.44. The third-order valence-corrected chi connectivity index (χ3v) is 4.44. The van der Waals surface area contributed by atoms with Crippen LogP contribution < -0.4 is 16.0 Å². The lowest BCUT2D eigenvalue weighted by Crippen LogP contribution is -2.37. The van der Waals surface area contributed by atoms with E-state index in [4.69, 9.17) is 10.5 Å². The fourth-order valence-corrected chi connectivity index (χ4v) is 2.99. The van der Waals surface area contributed by atoms with Crippen molar-refractivity contribution in [1.82, 2.24) is 15.0 Å². The second-order valence-electron chi connectivity index (χ2n) is 6.32. The first-order valence-corrected chi connectivity index (χ1v) is 8.80. The summed E-state index contributed by atoms with van der Waals surface area (Å²) in [6.07, 6.45) is 4.72. The summed E-state index contributed by atoms with van der Waals surface area (Å²) in [5.74, 6) is 1.71. The molecule has 8 nitrogen and oxygen atoms in total. The van der Waals surface area contributed by atoms with Crippen LogP contribution in [-0.2, 0) is 9.53 Å². The number of hydrogen-bond acceptors (Lipinski definition) is 8. The SMILES string of the molecule is CCOC(=O)C1CCN(c2ncnc(Nc3ccc(C)cn3)c2N)CC1. The van der Waals surface area contributed by atoms with Gasteiger partial charge in [-0.1, -0.05) is 6.07 Å². The van der Waals surface area contributed by atoms with E-state index < -0.39 is 0 Å². The van der Waals surface area contributed by atoms with Crippen LogP contribution in [-0.4, -0.2) is 40.6 Å². The maximum Gasteiger partial charge on any atom is 0.309 e. The zero-order valence-electron chi connectivity index (χ0n) is 15.1. The molecule has 0 aliphatic carbocycles. The van der Waals surface area contributed by atoms with Crippen LogP contribution in [0.15, 0.2) is 24.7 Å². The topological polar surface area (TPSA) is 106 Å². The minimum Gasteiger partial charge on any atom is -0.466 e. The molecule has 0 saturated carbocycles. The Balaban J connectivity index is 1.70. The predicted octanol–water partition coefficient (Wildman–Crippen LogP) is 2.29. The molecule has 0 amide bonds. The molecule has 0 atom stereocenters. The Bertz CT molecular complexity index is 757. The number of piperidine rings is 1. The van der Waals surface area contributed by atoms with Crippen molar-refractivity contribution in [3.8, 4) is 0 Å².